The summed E-state index contributed by atoms with van der Waals surface area (Å²) in [6.45, 7) is 4.80. The molecule has 0 aliphatic carbocycles. The van der Waals surface area contributed by atoms with Gasteiger partial charge in [0.25, 0.3) is 0 Å². The first-order valence-electron chi connectivity index (χ1n) is 9.00. The van der Waals surface area contributed by atoms with E-state index in [2.05, 4.69) is 15.2 Å². The van der Waals surface area contributed by atoms with Crippen LogP contribution in [0.3, 0.4) is 0 Å². The van der Waals surface area contributed by atoms with Gasteiger partial charge in [-0.05, 0) is 50.1 Å². The van der Waals surface area contributed by atoms with Crippen LogP contribution in [-0.4, -0.2) is 47.1 Å². The van der Waals surface area contributed by atoms with E-state index in [1.165, 1.54) is 12.1 Å². The lowest BCUT2D eigenvalue weighted by Gasteiger charge is -2.32. The van der Waals surface area contributed by atoms with Crippen molar-refractivity contribution in [2.75, 3.05) is 31.6 Å². The van der Waals surface area contributed by atoms with Gasteiger partial charge >= 0.3 is 5.69 Å². The summed E-state index contributed by atoms with van der Waals surface area (Å²) in [4.78, 5) is 17.3. The molecule has 1 aromatic heterocycles. The topological polar surface area (TPSA) is 80.5 Å². The molecular formula is C19H23FN4O3. The first-order valence-corrected chi connectivity index (χ1v) is 9.00. The van der Waals surface area contributed by atoms with E-state index in [1.807, 2.05) is 0 Å². The zero-order valence-corrected chi connectivity index (χ0v) is 15.2. The Labute approximate surface area is 157 Å². The van der Waals surface area contributed by atoms with Gasteiger partial charge in [-0.2, -0.15) is 0 Å². The highest BCUT2D eigenvalue weighted by Crippen LogP contribution is 2.27. The first kappa shape index (κ1) is 19.0. The summed E-state index contributed by atoms with van der Waals surface area (Å²) >= 11 is 0. The molecule has 1 aliphatic heterocycles. The molecule has 0 saturated carbocycles. The summed E-state index contributed by atoms with van der Waals surface area (Å²) in [5.41, 5.74) is 0.653. The normalized spacial score (nSPS) is 15.5. The molecule has 0 radical (unpaired) electrons. The third-order valence-electron chi connectivity index (χ3n) is 4.73. The number of nitrogens with one attached hydrogen (secondary N) is 1. The van der Waals surface area contributed by atoms with Gasteiger partial charge in [-0.15, -0.1) is 0 Å². The second-order valence-electron chi connectivity index (χ2n) is 6.64. The number of aromatic nitrogens is 1. The van der Waals surface area contributed by atoms with Crippen molar-refractivity contribution in [2.45, 2.75) is 25.8 Å². The van der Waals surface area contributed by atoms with Crippen LogP contribution >= 0.6 is 0 Å². The van der Waals surface area contributed by atoms with Gasteiger partial charge in [0.2, 0.25) is 5.82 Å². The number of ether oxygens (including phenoxy) is 1. The van der Waals surface area contributed by atoms with Crippen LogP contribution in [0.2, 0.25) is 0 Å². The van der Waals surface area contributed by atoms with Crippen molar-refractivity contribution >= 4 is 11.5 Å². The van der Waals surface area contributed by atoms with Gasteiger partial charge in [0.05, 0.1) is 4.92 Å². The maximum atomic E-state index is 12.9. The minimum absolute atomic E-state index is 0.0487. The van der Waals surface area contributed by atoms with Gasteiger partial charge in [0, 0.05) is 37.4 Å². The van der Waals surface area contributed by atoms with Crippen LogP contribution in [0.1, 0.15) is 18.4 Å². The number of pyridine rings is 1. The van der Waals surface area contributed by atoms with Crippen molar-refractivity contribution in [3.05, 3.63) is 58.0 Å². The Morgan fingerprint density at radius 3 is 2.67 bits per heavy atom. The molecule has 0 unspecified atom stereocenters. The number of hydrogen-bond acceptors (Lipinski definition) is 6. The second kappa shape index (κ2) is 8.77. The number of likely N-dealkylation sites (tertiary alicyclic amines) is 1. The fourth-order valence-electron chi connectivity index (χ4n) is 3.20. The number of nitro groups is 1. The fourth-order valence-corrected chi connectivity index (χ4v) is 3.20. The average molecular weight is 374 g/mol. The molecule has 7 nitrogen and oxygen atoms in total. The Hall–Kier alpha value is -2.74. The van der Waals surface area contributed by atoms with E-state index in [4.69, 9.17) is 4.74 Å². The third kappa shape index (κ3) is 5.13. The van der Waals surface area contributed by atoms with Crippen molar-refractivity contribution in [3.8, 4) is 5.75 Å². The standard InChI is InChI=1S/C19H23FN4O3/c1-14-6-9-21-19(18(14)24(25)26)22-16-7-10-23(11-8-16)12-13-27-17-4-2-15(20)3-5-17/h2-6,9,16H,7-8,10-13H2,1H3,(H,21,22). The van der Waals surface area contributed by atoms with Gasteiger partial charge in [-0.3, -0.25) is 15.0 Å². The smallest absolute Gasteiger partial charge is 0.314 e. The van der Waals surface area contributed by atoms with Crippen LogP contribution in [0.5, 0.6) is 5.75 Å². The molecule has 0 bridgehead atoms. The van der Waals surface area contributed by atoms with Crippen molar-refractivity contribution in [1.82, 2.24) is 9.88 Å². The fraction of sp³-hybridized carbons (Fsp3) is 0.421. The maximum absolute atomic E-state index is 12.9. The van der Waals surface area contributed by atoms with Crippen molar-refractivity contribution in [3.63, 3.8) is 0 Å². The molecule has 0 amide bonds. The van der Waals surface area contributed by atoms with Crippen LogP contribution in [0.15, 0.2) is 36.5 Å². The summed E-state index contributed by atoms with van der Waals surface area (Å²) in [7, 11) is 0. The quantitative estimate of drug-likeness (QED) is 0.591. The average Bonchev–Trinajstić information content (AvgIpc) is 2.64. The van der Waals surface area contributed by atoms with E-state index in [-0.39, 0.29) is 22.5 Å². The van der Waals surface area contributed by atoms with E-state index < -0.39 is 0 Å². The molecule has 144 valence electrons. The van der Waals surface area contributed by atoms with Crippen molar-refractivity contribution in [2.24, 2.45) is 0 Å². The Kier molecular flexibility index (Phi) is 6.18. The number of benzene rings is 1. The number of aryl methyl sites for hydroxylation is 1. The minimum atomic E-state index is -0.382. The lowest BCUT2D eigenvalue weighted by atomic mass is 10.0. The van der Waals surface area contributed by atoms with E-state index in [1.54, 1.807) is 31.3 Å². The predicted octanol–water partition coefficient (Wildman–Crippen LogP) is 3.39. The summed E-state index contributed by atoms with van der Waals surface area (Å²) < 4.78 is 18.5. The van der Waals surface area contributed by atoms with Crippen LogP contribution in [0.4, 0.5) is 15.9 Å². The SMILES string of the molecule is Cc1ccnc(NC2CCN(CCOc3ccc(F)cc3)CC2)c1[N+](=O)[O-]. The highest BCUT2D eigenvalue weighted by molar-refractivity contribution is 5.60. The van der Waals surface area contributed by atoms with Gasteiger partial charge in [0.15, 0.2) is 0 Å². The second-order valence-corrected chi connectivity index (χ2v) is 6.64. The summed E-state index contributed by atoms with van der Waals surface area (Å²) in [5.74, 6) is 0.726. The molecule has 8 heteroatoms. The number of piperidine rings is 1. The molecule has 1 aromatic carbocycles. The maximum Gasteiger partial charge on any atom is 0.314 e. The lowest BCUT2D eigenvalue weighted by Crippen LogP contribution is -2.41. The molecule has 1 N–H and O–H groups in total. The lowest BCUT2D eigenvalue weighted by molar-refractivity contribution is -0.384. The minimum Gasteiger partial charge on any atom is -0.492 e. The third-order valence-corrected chi connectivity index (χ3v) is 4.73. The zero-order valence-electron chi connectivity index (χ0n) is 15.2. The van der Waals surface area contributed by atoms with Crippen molar-refractivity contribution in [1.29, 1.82) is 0 Å². The molecule has 3 rings (SSSR count). The first-order chi connectivity index (χ1) is 13.0. The molecule has 0 atom stereocenters. The van der Waals surface area contributed by atoms with E-state index in [0.29, 0.717) is 23.7 Å². The number of halogens is 1. The van der Waals surface area contributed by atoms with Gasteiger partial charge < -0.3 is 10.1 Å². The van der Waals surface area contributed by atoms with Gasteiger partial charge in [0.1, 0.15) is 18.2 Å². The Morgan fingerprint density at radius 2 is 2.00 bits per heavy atom. The van der Waals surface area contributed by atoms with Crippen LogP contribution in [0, 0.1) is 22.9 Å². The highest BCUT2D eigenvalue weighted by Gasteiger charge is 2.24. The molecule has 2 aromatic rings. The Bertz CT molecular complexity index is 777. The molecule has 1 saturated heterocycles. The number of rotatable bonds is 7. The van der Waals surface area contributed by atoms with E-state index in [9.17, 15) is 14.5 Å². The predicted molar refractivity (Wildman–Crippen MR) is 101 cm³/mol. The molecular weight excluding hydrogens is 351 g/mol. The summed E-state index contributed by atoms with van der Waals surface area (Å²) in [6, 6.07) is 7.80. The summed E-state index contributed by atoms with van der Waals surface area (Å²) in [5, 5.41) is 14.5. The largest absolute Gasteiger partial charge is 0.492 e. The van der Waals surface area contributed by atoms with Gasteiger partial charge in [-0.1, -0.05) is 0 Å². The van der Waals surface area contributed by atoms with Crippen LogP contribution < -0.4 is 10.1 Å². The number of nitrogens with zero attached hydrogens (tertiary/aromatic N) is 3. The zero-order chi connectivity index (χ0) is 19.2. The molecule has 1 fully saturated rings. The summed E-state index contributed by atoms with van der Waals surface area (Å²) in [6.07, 6.45) is 3.35. The van der Waals surface area contributed by atoms with Crippen LogP contribution in [-0.2, 0) is 0 Å². The Morgan fingerprint density at radius 1 is 1.30 bits per heavy atom. The monoisotopic (exact) mass is 374 g/mol. The Balaban J connectivity index is 1.45. The highest BCUT2D eigenvalue weighted by atomic mass is 19.1. The molecule has 2 heterocycles. The van der Waals surface area contributed by atoms with Crippen molar-refractivity contribution < 1.29 is 14.1 Å². The molecule has 0 spiro atoms. The van der Waals surface area contributed by atoms with Gasteiger partial charge in [-0.25, -0.2) is 9.37 Å². The number of anilines is 1. The number of hydrogen-bond donors (Lipinski definition) is 1. The van der Waals surface area contributed by atoms with Crippen LogP contribution in [0.25, 0.3) is 0 Å². The molecule has 1 aliphatic rings. The molecule has 27 heavy (non-hydrogen) atoms. The van der Waals surface area contributed by atoms with E-state index >= 15 is 0 Å². The van der Waals surface area contributed by atoms with E-state index in [0.717, 1.165) is 32.5 Å².